The number of non-ortho nitro benzene ring substituents is 1. The van der Waals surface area contributed by atoms with Crippen LogP contribution in [0.5, 0.6) is 0 Å². The number of rotatable bonds is 3. The second-order valence-electron chi connectivity index (χ2n) is 5.62. The smallest absolute Gasteiger partial charge is 0.270 e. The van der Waals surface area contributed by atoms with Crippen LogP contribution in [0, 0.1) is 16.0 Å². The highest BCUT2D eigenvalue weighted by Crippen LogP contribution is 2.25. The molecule has 2 rings (SSSR count). The highest BCUT2D eigenvalue weighted by atomic mass is 79.9. The fourth-order valence-corrected chi connectivity index (χ4v) is 3.18. The summed E-state index contributed by atoms with van der Waals surface area (Å²) in [6.45, 7) is 2.15. The number of hydrogen-bond acceptors (Lipinski definition) is 3. The van der Waals surface area contributed by atoms with Gasteiger partial charge in [-0.05, 0) is 40.8 Å². The molecule has 1 fully saturated rings. The predicted octanol–water partition coefficient (Wildman–Crippen LogP) is 4.06. The molecule has 0 bridgehead atoms. The average Bonchev–Trinajstić information content (AvgIpc) is 2.64. The van der Waals surface area contributed by atoms with E-state index in [0.717, 1.165) is 19.3 Å². The summed E-state index contributed by atoms with van der Waals surface area (Å²) in [6.07, 6.45) is 5.61. The number of hydrogen-bond donors (Lipinski definition) is 1. The molecule has 0 saturated heterocycles. The van der Waals surface area contributed by atoms with Crippen LogP contribution in [-0.2, 0) is 0 Å². The van der Waals surface area contributed by atoms with Crippen molar-refractivity contribution in [2.24, 2.45) is 5.92 Å². The van der Waals surface area contributed by atoms with Gasteiger partial charge in [-0.3, -0.25) is 14.9 Å². The van der Waals surface area contributed by atoms with Crippen molar-refractivity contribution in [2.75, 3.05) is 0 Å². The van der Waals surface area contributed by atoms with Crippen molar-refractivity contribution in [2.45, 2.75) is 45.1 Å². The van der Waals surface area contributed by atoms with E-state index in [2.05, 4.69) is 28.2 Å². The molecule has 0 aromatic heterocycles. The molecule has 6 heteroatoms. The lowest BCUT2D eigenvalue weighted by Crippen LogP contribution is -2.39. The van der Waals surface area contributed by atoms with E-state index >= 15 is 0 Å². The number of nitro groups is 1. The van der Waals surface area contributed by atoms with Gasteiger partial charge in [0.2, 0.25) is 0 Å². The van der Waals surface area contributed by atoms with E-state index in [0.29, 0.717) is 16.0 Å². The van der Waals surface area contributed by atoms with Gasteiger partial charge in [0.1, 0.15) is 0 Å². The van der Waals surface area contributed by atoms with Crippen molar-refractivity contribution >= 4 is 27.5 Å². The number of nitrogens with one attached hydrogen (secondary N) is 1. The van der Waals surface area contributed by atoms with Crippen molar-refractivity contribution in [1.82, 2.24) is 5.32 Å². The maximum atomic E-state index is 12.4. The van der Waals surface area contributed by atoms with Crippen molar-refractivity contribution in [3.8, 4) is 0 Å². The van der Waals surface area contributed by atoms with Gasteiger partial charge >= 0.3 is 0 Å². The third kappa shape index (κ3) is 4.03. The first kappa shape index (κ1) is 15.9. The Morgan fingerprint density at radius 3 is 2.76 bits per heavy atom. The summed E-state index contributed by atoms with van der Waals surface area (Å²) in [5, 5.41) is 13.9. The number of carbonyl (C=O) groups excluding carboxylic acids is 1. The van der Waals surface area contributed by atoms with E-state index in [9.17, 15) is 14.9 Å². The van der Waals surface area contributed by atoms with Crippen LogP contribution in [0.3, 0.4) is 0 Å². The van der Waals surface area contributed by atoms with Crippen molar-refractivity contribution < 1.29 is 9.72 Å². The van der Waals surface area contributed by atoms with Gasteiger partial charge in [-0.15, -0.1) is 0 Å². The molecule has 2 unspecified atom stereocenters. The Balaban J connectivity index is 2.15. The molecule has 0 heterocycles. The van der Waals surface area contributed by atoms with Crippen LogP contribution in [-0.4, -0.2) is 16.9 Å². The van der Waals surface area contributed by atoms with Crippen LogP contribution in [0.2, 0.25) is 0 Å². The fourth-order valence-electron chi connectivity index (χ4n) is 2.75. The van der Waals surface area contributed by atoms with Gasteiger partial charge in [-0.1, -0.05) is 26.2 Å². The van der Waals surface area contributed by atoms with E-state index < -0.39 is 4.92 Å². The van der Waals surface area contributed by atoms with Gasteiger partial charge in [0.15, 0.2) is 0 Å². The summed E-state index contributed by atoms with van der Waals surface area (Å²) in [5.74, 6) is 0.193. The van der Waals surface area contributed by atoms with Crippen LogP contribution in [0.15, 0.2) is 22.7 Å². The SMILES string of the molecule is CC1CCCCCC1NC(=O)c1cc([N+](=O)[O-])ccc1Br. The van der Waals surface area contributed by atoms with Crippen molar-refractivity contribution in [1.29, 1.82) is 0 Å². The quantitative estimate of drug-likeness (QED) is 0.505. The van der Waals surface area contributed by atoms with Crippen molar-refractivity contribution in [3.05, 3.63) is 38.3 Å². The Bertz CT molecular complexity index is 548. The summed E-state index contributed by atoms with van der Waals surface area (Å²) in [4.78, 5) is 22.7. The van der Waals surface area contributed by atoms with Crippen LogP contribution in [0.4, 0.5) is 5.69 Å². The molecule has 0 spiro atoms. The van der Waals surface area contributed by atoms with Crippen LogP contribution in [0.25, 0.3) is 0 Å². The molecule has 1 aromatic carbocycles. The maximum absolute atomic E-state index is 12.4. The second kappa shape index (κ2) is 7.02. The molecule has 1 amide bonds. The Hall–Kier alpha value is -1.43. The summed E-state index contributed by atoms with van der Waals surface area (Å²) < 4.78 is 0.576. The zero-order chi connectivity index (χ0) is 15.4. The number of amides is 1. The highest BCUT2D eigenvalue weighted by molar-refractivity contribution is 9.10. The number of benzene rings is 1. The number of halogens is 1. The van der Waals surface area contributed by atoms with Gasteiger partial charge in [0, 0.05) is 22.6 Å². The second-order valence-corrected chi connectivity index (χ2v) is 6.47. The van der Waals surface area contributed by atoms with E-state index in [4.69, 9.17) is 0 Å². The summed E-state index contributed by atoms with van der Waals surface area (Å²) >= 11 is 3.29. The van der Waals surface area contributed by atoms with Gasteiger partial charge in [0.25, 0.3) is 11.6 Å². The van der Waals surface area contributed by atoms with Gasteiger partial charge in [-0.2, -0.15) is 0 Å². The lowest BCUT2D eigenvalue weighted by Gasteiger charge is -2.23. The van der Waals surface area contributed by atoms with E-state index in [1.165, 1.54) is 25.0 Å². The fraction of sp³-hybridized carbons (Fsp3) is 0.533. The number of carbonyl (C=O) groups is 1. The first-order valence-electron chi connectivity index (χ1n) is 7.24. The monoisotopic (exact) mass is 354 g/mol. The van der Waals surface area contributed by atoms with E-state index in [-0.39, 0.29) is 17.6 Å². The molecule has 5 nitrogen and oxygen atoms in total. The van der Waals surface area contributed by atoms with Crippen LogP contribution in [0.1, 0.15) is 49.4 Å². The lowest BCUT2D eigenvalue weighted by atomic mass is 9.96. The Kier molecular flexibility index (Phi) is 5.33. The summed E-state index contributed by atoms with van der Waals surface area (Å²) in [6, 6.07) is 4.39. The third-order valence-corrected chi connectivity index (χ3v) is 4.77. The molecular weight excluding hydrogens is 336 g/mol. The number of nitro benzene ring substituents is 1. The van der Waals surface area contributed by atoms with E-state index in [1.807, 2.05) is 0 Å². The van der Waals surface area contributed by atoms with Gasteiger partial charge in [0.05, 0.1) is 10.5 Å². The molecule has 114 valence electrons. The molecule has 0 radical (unpaired) electrons. The standard InChI is InChI=1S/C15H19BrN2O3/c1-10-5-3-2-4-6-14(10)17-15(19)12-9-11(18(20)21)7-8-13(12)16/h7-10,14H,2-6H2,1H3,(H,17,19). The maximum Gasteiger partial charge on any atom is 0.270 e. The Labute approximate surface area is 132 Å². The van der Waals surface area contributed by atoms with Crippen LogP contribution >= 0.6 is 15.9 Å². The minimum absolute atomic E-state index is 0.0720. The minimum atomic E-state index is -0.489. The molecule has 1 aromatic rings. The molecule has 1 aliphatic rings. The number of nitrogens with zero attached hydrogens (tertiary/aromatic N) is 1. The van der Waals surface area contributed by atoms with Crippen molar-refractivity contribution in [3.63, 3.8) is 0 Å². The average molecular weight is 355 g/mol. The predicted molar refractivity (Wildman–Crippen MR) is 84.3 cm³/mol. The molecule has 1 N–H and O–H groups in total. The largest absolute Gasteiger partial charge is 0.349 e. The summed E-state index contributed by atoms with van der Waals surface area (Å²) in [5.41, 5.74) is 0.248. The molecule has 0 aliphatic heterocycles. The van der Waals surface area contributed by atoms with E-state index in [1.54, 1.807) is 6.07 Å². The summed E-state index contributed by atoms with van der Waals surface area (Å²) in [7, 11) is 0. The first-order chi connectivity index (χ1) is 9.99. The van der Waals surface area contributed by atoms with Gasteiger partial charge in [-0.25, -0.2) is 0 Å². The lowest BCUT2D eigenvalue weighted by molar-refractivity contribution is -0.384. The zero-order valence-electron chi connectivity index (χ0n) is 12.0. The Morgan fingerprint density at radius 2 is 2.05 bits per heavy atom. The third-order valence-electron chi connectivity index (χ3n) is 4.08. The molecule has 2 atom stereocenters. The molecular formula is C15H19BrN2O3. The minimum Gasteiger partial charge on any atom is -0.349 e. The molecule has 21 heavy (non-hydrogen) atoms. The van der Waals surface area contributed by atoms with Crippen LogP contribution < -0.4 is 5.32 Å². The zero-order valence-corrected chi connectivity index (χ0v) is 13.6. The normalized spacial score (nSPS) is 22.4. The van der Waals surface area contributed by atoms with Gasteiger partial charge < -0.3 is 5.32 Å². The Morgan fingerprint density at radius 1 is 1.33 bits per heavy atom. The topological polar surface area (TPSA) is 72.2 Å². The first-order valence-corrected chi connectivity index (χ1v) is 8.03. The molecule has 1 saturated carbocycles. The highest BCUT2D eigenvalue weighted by Gasteiger charge is 2.23. The molecule has 1 aliphatic carbocycles.